The smallest absolute Gasteiger partial charge is 0.0547 e. The van der Waals surface area contributed by atoms with Gasteiger partial charge in [-0.1, -0.05) is 152 Å². The van der Waals surface area contributed by atoms with E-state index in [1.54, 1.807) is 0 Å². The normalized spacial score (nSPS) is 11.2. The largest absolute Gasteiger partial charge is 0.310 e. The van der Waals surface area contributed by atoms with Crippen LogP contribution in [0.25, 0.3) is 60.9 Å². The molecular weight excluding hydrogens is 605 g/mol. The summed E-state index contributed by atoms with van der Waals surface area (Å²) in [7, 11) is 0. The van der Waals surface area contributed by atoms with Crippen molar-refractivity contribution in [1.82, 2.24) is 4.57 Å². The molecule has 0 aliphatic rings. The standard InChI is InChI=1S/C48H34N2/c1-4-15-35(16-5-1)37-27-31-40(32-28-37)49(41-33-29-38(30-34-41)36-17-6-2-7-18-36)45-24-12-10-21-42(45)43-23-14-26-47-48(43)44-22-11-13-25-46(44)50(47)39-19-8-3-9-20-39/h1-34H. The summed E-state index contributed by atoms with van der Waals surface area (Å²) < 4.78 is 2.39. The van der Waals surface area contributed by atoms with E-state index in [-0.39, 0.29) is 0 Å². The molecule has 0 atom stereocenters. The predicted molar refractivity (Wildman–Crippen MR) is 212 cm³/mol. The molecule has 0 radical (unpaired) electrons. The minimum Gasteiger partial charge on any atom is -0.310 e. The Morgan fingerprint density at radius 2 is 0.780 bits per heavy atom. The maximum atomic E-state index is 2.40. The highest BCUT2D eigenvalue weighted by Gasteiger charge is 2.21. The molecular formula is C48H34N2. The van der Waals surface area contributed by atoms with Crippen molar-refractivity contribution in [3.05, 3.63) is 206 Å². The zero-order valence-corrected chi connectivity index (χ0v) is 27.5. The van der Waals surface area contributed by atoms with Gasteiger partial charge in [0.15, 0.2) is 0 Å². The molecule has 0 saturated carbocycles. The van der Waals surface area contributed by atoms with Crippen LogP contribution < -0.4 is 4.90 Å². The average Bonchev–Trinajstić information content (AvgIpc) is 3.54. The summed E-state index contributed by atoms with van der Waals surface area (Å²) in [4.78, 5) is 2.40. The lowest BCUT2D eigenvalue weighted by atomic mass is 9.96. The zero-order chi connectivity index (χ0) is 33.3. The number of hydrogen-bond donors (Lipinski definition) is 0. The molecule has 0 spiro atoms. The van der Waals surface area contributed by atoms with E-state index >= 15 is 0 Å². The summed E-state index contributed by atoms with van der Waals surface area (Å²) in [6, 6.07) is 74.0. The number of aromatic nitrogens is 1. The van der Waals surface area contributed by atoms with Crippen molar-refractivity contribution in [1.29, 1.82) is 0 Å². The number of fused-ring (bicyclic) bond motifs is 3. The molecule has 0 saturated heterocycles. The molecule has 0 N–H and O–H groups in total. The van der Waals surface area contributed by atoms with Crippen LogP contribution in [-0.2, 0) is 0 Å². The summed E-state index contributed by atoms with van der Waals surface area (Å²) in [6.45, 7) is 0. The Morgan fingerprint density at radius 1 is 0.320 bits per heavy atom. The monoisotopic (exact) mass is 638 g/mol. The minimum atomic E-state index is 1.10. The van der Waals surface area contributed by atoms with Crippen LogP contribution in [0.2, 0.25) is 0 Å². The Hall–Kier alpha value is -6.64. The molecule has 0 aliphatic heterocycles. The number of hydrogen-bond acceptors (Lipinski definition) is 1. The van der Waals surface area contributed by atoms with Gasteiger partial charge in [-0.15, -0.1) is 0 Å². The third-order valence-corrected chi connectivity index (χ3v) is 9.61. The fourth-order valence-corrected chi connectivity index (χ4v) is 7.29. The topological polar surface area (TPSA) is 8.17 Å². The van der Waals surface area contributed by atoms with Crippen molar-refractivity contribution in [2.45, 2.75) is 0 Å². The van der Waals surface area contributed by atoms with Gasteiger partial charge in [0.2, 0.25) is 0 Å². The third-order valence-electron chi connectivity index (χ3n) is 9.61. The van der Waals surface area contributed by atoms with Gasteiger partial charge >= 0.3 is 0 Å². The van der Waals surface area contributed by atoms with Crippen LogP contribution in [0.5, 0.6) is 0 Å². The van der Waals surface area contributed by atoms with Gasteiger partial charge in [0.05, 0.1) is 16.7 Å². The van der Waals surface area contributed by atoms with E-state index in [0.29, 0.717) is 0 Å². The van der Waals surface area contributed by atoms with Crippen LogP contribution in [0.1, 0.15) is 0 Å². The first-order valence-corrected chi connectivity index (χ1v) is 17.1. The second-order valence-electron chi connectivity index (χ2n) is 12.6. The van der Waals surface area contributed by atoms with Gasteiger partial charge in [-0.25, -0.2) is 0 Å². The average molecular weight is 639 g/mol. The molecule has 50 heavy (non-hydrogen) atoms. The predicted octanol–water partition coefficient (Wildman–Crippen LogP) is 13.3. The molecule has 0 unspecified atom stereocenters. The Labute approximate surface area is 292 Å². The van der Waals surface area contributed by atoms with E-state index in [1.807, 2.05) is 0 Å². The highest BCUT2D eigenvalue weighted by Crippen LogP contribution is 2.45. The maximum absolute atomic E-state index is 2.40. The molecule has 2 heteroatoms. The van der Waals surface area contributed by atoms with Gasteiger partial charge in [0.1, 0.15) is 0 Å². The first-order chi connectivity index (χ1) is 24.8. The molecule has 0 aliphatic carbocycles. The van der Waals surface area contributed by atoms with Crippen LogP contribution >= 0.6 is 0 Å². The zero-order valence-electron chi connectivity index (χ0n) is 27.5. The summed E-state index contributed by atoms with van der Waals surface area (Å²) >= 11 is 0. The van der Waals surface area contributed by atoms with Gasteiger partial charge in [-0.05, 0) is 82.4 Å². The minimum absolute atomic E-state index is 1.10. The summed E-state index contributed by atoms with van der Waals surface area (Å²) in [5, 5.41) is 2.49. The second-order valence-corrected chi connectivity index (χ2v) is 12.6. The second kappa shape index (κ2) is 12.8. The third kappa shape index (κ3) is 5.24. The van der Waals surface area contributed by atoms with Crippen molar-refractivity contribution in [2.24, 2.45) is 0 Å². The highest BCUT2D eigenvalue weighted by atomic mass is 15.1. The molecule has 9 aromatic rings. The molecule has 8 aromatic carbocycles. The Balaban J connectivity index is 1.25. The molecule has 2 nitrogen and oxygen atoms in total. The molecule has 9 rings (SSSR count). The van der Waals surface area contributed by atoms with Crippen molar-refractivity contribution < 1.29 is 0 Å². The Bertz CT molecular complexity index is 2470. The van der Waals surface area contributed by atoms with Crippen LogP contribution in [0, 0.1) is 0 Å². The van der Waals surface area contributed by atoms with Gasteiger partial charge in [-0.3, -0.25) is 0 Å². The molecule has 0 amide bonds. The fourth-order valence-electron chi connectivity index (χ4n) is 7.29. The lowest BCUT2D eigenvalue weighted by molar-refractivity contribution is 1.18. The molecule has 0 fully saturated rings. The van der Waals surface area contributed by atoms with E-state index in [9.17, 15) is 0 Å². The van der Waals surface area contributed by atoms with Crippen molar-refractivity contribution in [3.8, 4) is 39.1 Å². The van der Waals surface area contributed by atoms with Crippen molar-refractivity contribution in [2.75, 3.05) is 4.90 Å². The van der Waals surface area contributed by atoms with Crippen molar-refractivity contribution in [3.63, 3.8) is 0 Å². The van der Waals surface area contributed by atoms with E-state index in [1.165, 1.54) is 55.2 Å². The van der Waals surface area contributed by atoms with Crippen LogP contribution in [0.4, 0.5) is 17.1 Å². The number of benzene rings is 8. The maximum Gasteiger partial charge on any atom is 0.0547 e. The van der Waals surface area contributed by atoms with Gasteiger partial charge in [-0.2, -0.15) is 0 Å². The first-order valence-electron chi connectivity index (χ1n) is 17.1. The lowest BCUT2D eigenvalue weighted by Crippen LogP contribution is -2.11. The first kappa shape index (κ1) is 29.5. The summed E-state index contributed by atoms with van der Waals surface area (Å²) in [5.74, 6) is 0. The quantitative estimate of drug-likeness (QED) is 0.169. The number of anilines is 3. The van der Waals surface area contributed by atoms with Gasteiger partial charge in [0.25, 0.3) is 0 Å². The Morgan fingerprint density at radius 3 is 1.40 bits per heavy atom. The SMILES string of the molecule is c1ccc(-c2ccc(N(c3ccc(-c4ccccc4)cc3)c3ccccc3-c3cccc4c3c3ccccc3n4-c3ccccc3)cc2)cc1. The lowest BCUT2D eigenvalue weighted by Gasteiger charge is -2.28. The van der Waals surface area contributed by atoms with E-state index < -0.39 is 0 Å². The number of rotatable bonds is 7. The summed E-state index contributed by atoms with van der Waals surface area (Å²) in [6.07, 6.45) is 0. The van der Waals surface area contributed by atoms with Crippen LogP contribution in [-0.4, -0.2) is 4.57 Å². The van der Waals surface area contributed by atoms with Crippen LogP contribution in [0.3, 0.4) is 0 Å². The molecule has 236 valence electrons. The fraction of sp³-hybridized carbons (Fsp3) is 0. The van der Waals surface area contributed by atoms with Gasteiger partial charge < -0.3 is 9.47 Å². The van der Waals surface area contributed by atoms with Gasteiger partial charge in [0, 0.05) is 33.4 Å². The van der Waals surface area contributed by atoms with E-state index in [2.05, 4.69) is 216 Å². The van der Waals surface area contributed by atoms with Crippen LogP contribution in [0.15, 0.2) is 206 Å². The Kier molecular flexibility index (Phi) is 7.53. The van der Waals surface area contributed by atoms with E-state index in [4.69, 9.17) is 0 Å². The molecule has 1 aromatic heterocycles. The molecule has 1 heterocycles. The molecule has 0 bridgehead atoms. The van der Waals surface area contributed by atoms with Crippen molar-refractivity contribution >= 4 is 38.9 Å². The number of para-hydroxylation sites is 3. The summed E-state index contributed by atoms with van der Waals surface area (Å²) in [5.41, 5.74) is 14.1. The van der Waals surface area contributed by atoms with E-state index in [0.717, 1.165) is 22.7 Å². The highest BCUT2D eigenvalue weighted by molar-refractivity contribution is 6.17. The number of nitrogens with zero attached hydrogens (tertiary/aromatic N) is 2.